The molecule has 0 saturated heterocycles. The Bertz CT molecular complexity index is 483. The Balaban J connectivity index is 2.02. The number of aromatic nitrogens is 1. The molecule has 0 amide bonds. The Kier molecular flexibility index (Phi) is 3.73. The van der Waals surface area contributed by atoms with Gasteiger partial charge in [-0.15, -0.1) is 0 Å². The molecule has 88 valence electrons. The van der Waals surface area contributed by atoms with Crippen molar-refractivity contribution in [1.29, 1.82) is 0 Å². The lowest BCUT2D eigenvalue weighted by Gasteiger charge is -2.08. The molecule has 0 spiro atoms. The predicted molar refractivity (Wildman–Crippen MR) is 65.7 cm³/mol. The molecule has 0 saturated carbocycles. The summed E-state index contributed by atoms with van der Waals surface area (Å²) in [6.07, 6.45) is 1.75. The average molecular weight is 229 g/mol. The lowest BCUT2D eigenvalue weighted by molar-refractivity contribution is 0.279. The largest absolute Gasteiger partial charge is 0.487 e. The molecule has 0 fully saturated rings. The van der Waals surface area contributed by atoms with Crippen LogP contribution in [0.15, 0.2) is 42.6 Å². The number of aryl methyl sites for hydroxylation is 1. The van der Waals surface area contributed by atoms with Crippen LogP contribution in [0.1, 0.15) is 16.8 Å². The first-order chi connectivity index (χ1) is 8.29. The maximum atomic E-state index is 9.07. The van der Waals surface area contributed by atoms with Gasteiger partial charge in [-0.25, -0.2) is 0 Å². The molecule has 3 nitrogen and oxygen atoms in total. The number of benzene rings is 1. The SMILES string of the molecule is Cc1cc(OCc2ccccn2)ccc1CO. The number of pyridine rings is 1. The molecule has 0 aliphatic rings. The minimum absolute atomic E-state index is 0.0619. The van der Waals surface area contributed by atoms with Crippen LogP contribution in [-0.4, -0.2) is 10.1 Å². The molecule has 0 radical (unpaired) electrons. The predicted octanol–water partition coefficient (Wildman–Crippen LogP) is 2.46. The topological polar surface area (TPSA) is 42.4 Å². The van der Waals surface area contributed by atoms with Crippen molar-refractivity contribution < 1.29 is 9.84 Å². The molecule has 0 aliphatic heterocycles. The first kappa shape index (κ1) is 11.6. The Morgan fingerprint density at radius 2 is 2.12 bits per heavy atom. The van der Waals surface area contributed by atoms with Crippen LogP contribution in [0.5, 0.6) is 5.75 Å². The summed E-state index contributed by atoms with van der Waals surface area (Å²) in [6.45, 7) is 2.48. The normalized spacial score (nSPS) is 10.2. The van der Waals surface area contributed by atoms with Crippen molar-refractivity contribution in [2.24, 2.45) is 0 Å². The van der Waals surface area contributed by atoms with E-state index in [1.807, 2.05) is 43.3 Å². The van der Waals surface area contributed by atoms with Gasteiger partial charge in [0.05, 0.1) is 12.3 Å². The third-order valence-electron chi connectivity index (χ3n) is 2.60. The van der Waals surface area contributed by atoms with Gasteiger partial charge in [0.2, 0.25) is 0 Å². The van der Waals surface area contributed by atoms with Crippen LogP contribution in [0, 0.1) is 6.92 Å². The van der Waals surface area contributed by atoms with Crippen LogP contribution in [0.25, 0.3) is 0 Å². The summed E-state index contributed by atoms with van der Waals surface area (Å²) in [4.78, 5) is 4.18. The highest BCUT2D eigenvalue weighted by Crippen LogP contribution is 2.18. The third-order valence-corrected chi connectivity index (χ3v) is 2.60. The van der Waals surface area contributed by atoms with Crippen molar-refractivity contribution >= 4 is 0 Å². The number of aliphatic hydroxyl groups is 1. The Hall–Kier alpha value is -1.87. The quantitative estimate of drug-likeness (QED) is 0.875. The van der Waals surface area contributed by atoms with Crippen molar-refractivity contribution in [2.75, 3.05) is 0 Å². The van der Waals surface area contributed by atoms with Crippen LogP contribution in [0.3, 0.4) is 0 Å². The highest BCUT2D eigenvalue weighted by Gasteiger charge is 2.00. The van der Waals surface area contributed by atoms with Gasteiger partial charge in [-0.2, -0.15) is 0 Å². The maximum absolute atomic E-state index is 9.07. The van der Waals surface area contributed by atoms with Gasteiger partial charge >= 0.3 is 0 Å². The Morgan fingerprint density at radius 1 is 1.24 bits per heavy atom. The van der Waals surface area contributed by atoms with E-state index in [0.29, 0.717) is 6.61 Å². The molecule has 0 unspecified atom stereocenters. The van der Waals surface area contributed by atoms with Gasteiger partial charge in [-0.1, -0.05) is 12.1 Å². The summed E-state index contributed by atoms with van der Waals surface area (Å²) in [5, 5.41) is 9.07. The summed E-state index contributed by atoms with van der Waals surface area (Å²) in [5.74, 6) is 0.797. The number of hydrogen-bond donors (Lipinski definition) is 1. The Morgan fingerprint density at radius 3 is 2.76 bits per heavy atom. The van der Waals surface area contributed by atoms with Crippen molar-refractivity contribution in [3.63, 3.8) is 0 Å². The number of rotatable bonds is 4. The molecule has 3 heteroatoms. The molecule has 17 heavy (non-hydrogen) atoms. The van der Waals surface area contributed by atoms with Crippen molar-refractivity contribution in [1.82, 2.24) is 4.98 Å². The molecule has 0 aliphatic carbocycles. The standard InChI is InChI=1S/C14H15NO2/c1-11-8-14(6-5-12(11)9-16)17-10-13-4-2-3-7-15-13/h2-8,16H,9-10H2,1H3. The lowest BCUT2D eigenvalue weighted by Crippen LogP contribution is -1.98. The van der Waals surface area contributed by atoms with Crippen LogP contribution in [-0.2, 0) is 13.2 Å². The lowest BCUT2D eigenvalue weighted by atomic mass is 10.1. The molecule has 0 bridgehead atoms. The number of aliphatic hydroxyl groups excluding tert-OH is 1. The molecule has 1 aromatic carbocycles. The zero-order valence-electron chi connectivity index (χ0n) is 9.76. The minimum Gasteiger partial charge on any atom is -0.487 e. The van der Waals surface area contributed by atoms with E-state index >= 15 is 0 Å². The van der Waals surface area contributed by atoms with Crippen LogP contribution in [0.4, 0.5) is 0 Å². The number of ether oxygens (including phenoxy) is 1. The second-order valence-electron chi connectivity index (χ2n) is 3.86. The zero-order valence-corrected chi connectivity index (χ0v) is 9.76. The van der Waals surface area contributed by atoms with Gasteiger partial charge in [0.15, 0.2) is 0 Å². The Labute approximate surface area is 101 Å². The molecule has 1 heterocycles. The maximum Gasteiger partial charge on any atom is 0.130 e. The van der Waals surface area contributed by atoms with Gasteiger partial charge in [-0.3, -0.25) is 4.98 Å². The zero-order chi connectivity index (χ0) is 12.1. The minimum atomic E-state index is 0.0619. The van der Waals surface area contributed by atoms with Gasteiger partial charge < -0.3 is 9.84 Å². The molecule has 2 aromatic rings. The second-order valence-corrected chi connectivity index (χ2v) is 3.86. The fourth-order valence-corrected chi connectivity index (χ4v) is 1.58. The summed E-state index contributed by atoms with van der Waals surface area (Å²) in [5.41, 5.74) is 2.86. The summed E-state index contributed by atoms with van der Waals surface area (Å²) in [6, 6.07) is 11.4. The van der Waals surface area contributed by atoms with Gasteiger partial charge in [0.1, 0.15) is 12.4 Å². The fourth-order valence-electron chi connectivity index (χ4n) is 1.58. The molecule has 1 aromatic heterocycles. The smallest absolute Gasteiger partial charge is 0.130 e. The van der Waals surface area contributed by atoms with Gasteiger partial charge in [0, 0.05) is 6.20 Å². The van der Waals surface area contributed by atoms with Crippen LogP contribution >= 0.6 is 0 Å². The molecular formula is C14H15NO2. The highest BCUT2D eigenvalue weighted by atomic mass is 16.5. The summed E-state index contributed by atoms with van der Waals surface area (Å²) in [7, 11) is 0. The molecule has 2 rings (SSSR count). The number of hydrogen-bond acceptors (Lipinski definition) is 3. The third kappa shape index (κ3) is 3.04. The van der Waals surface area contributed by atoms with Crippen LogP contribution < -0.4 is 4.74 Å². The van der Waals surface area contributed by atoms with Crippen molar-refractivity contribution in [3.8, 4) is 5.75 Å². The fraction of sp³-hybridized carbons (Fsp3) is 0.214. The van der Waals surface area contributed by atoms with E-state index in [4.69, 9.17) is 9.84 Å². The number of nitrogens with zero attached hydrogens (tertiary/aromatic N) is 1. The van der Waals surface area contributed by atoms with Gasteiger partial charge in [-0.05, 0) is 42.3 Å². The summed E-state index contributed by atoms with van der Waals surface area (Å²) >= 11 is 0. The molecular weight excluding hydrogens is 214 g/mol. The first-order valence-corrected chi connectivity index (χ1v) is 5.52. The summed E-state index contributed by atoms with van der Waals surface area (Å²) < 4.78 is 5.63. The van der Waals surface area contributed by atoms with Crippen molar-refractivity contribution in [2.45, 2.75) is 20.1 Å². The van der Waals surface area contributed by atoms with Crippen molar-refractivity contribution in [3.05, 3.63) is 59.4 Å². The van der Waals surface area contributed by atoms with E-state index in [1.165, 1.54) is 0 Å². The van der Waals surface area contributed by atoms with E-state index in [9.17, 15) is 0 Å². The highest BCUT2D eigenvalue weighted by molar-refractivity contribution is 5.34. The van der Waals surface area contributed by atoms with E-state index in [-0.39, 0.29) is 6.61 Å². The average Bonchev–Trinajstić information content (AvgIpc) is 2.38. The van der Waals surface area contributed by atoms with E-state index in [2.05, 4.69) is 4.98 Å². The monoisotopic (exact) mass is 229 g/mol. The van der Waals surface area contributed by atoms with E-state index < -0.39 is 0 Å². The molecule has 0 atom stereocenters. The second kappa shape index (κ2) is 5.46. The molecule has 1 N–H and O–H groups in total. The van der Waals surface area contributed by atoms with E-state index in [0.717, 1.165) is 22.6 Å². The first-order valence-electron chi connectivity index (χ1n) is 5.52. The van der Waals surface area contributed by atoms with Crippen LogP contribution in [0.2, 0.25) is 0 Å². The van der Waals surface area contributed by atoms with Gasteiger partial charge in [0.25, 0.3) is 0 Å². The van der Waals surface area contributed by atoms with E-state index in [1.54, 1.807) is 6.20 Å².